The number of likely N-dealkylation sites (tertiary alicyclic amines) is 1. The lowest BCUT2D eigenvalue weighted by Crippen LogP contribution is -2.52. The second kappa shape index (κ2) is 8.67. The van der Waals surface area contributed by atoms with E-state index in [1.54, 1.807) is 61.2 Å². The molecule has 0 unspecified atom stereocenters. The second-order valence-corrected chi connectivity index (χ2v) is 8.63. The zero-order chi connectivity index (χ0) is 22.0. The highest BCUT2D eigenvalue weighted by Gasteiger charge is 2.37. The van der Waals surface area contributed by atoms with Gasteiger partial charge in [-0.3, -0.25) is 9.59 Å². The number of nitrogens with zero attached hydrogens (tertiary/aromatic N) is 1. The molecule has 1 fully saturated rings. The van der Waals surface area contributed by atoms with Crippen LogP contribution in [0, 0.1) is 5.92 Å². The maximum Gasteiger partial charge on any atom is 0.266 e. The van der Waals surface area contributed by atoms with E-state index >= 15 is 0 Å². The van der Waals surface area contributed by atoms with Gasteiger partial charge in [-0.1, -0.05) is 11.6 Å². The van der Waals surface area contributed by atoms with E-state index in [2.05, 4.69) is 5.32 Å². The number of hydrogen-bond acceptors (Lipinski definition) is 5. The summed E-state index contributed by atoms with van der Waals surface area (Å²) in [5, 5.41) is 3.55. The minimum absolute atomic E-state index is 0.0531. The quantitative estimate of drug-likeness (QED) is 0.751. The van der Waals surface area contributed by atoms with Gasteiger partial charge < -0.3 is 24.4 Å². The number of halogens is 1. The lowest BCUT2D eigenvalue weighted by atomic mass is 9.94. The van der Waals surface area contributed by atoms with Crippen molar-refractivity contribution in [1.82, 2.24) is 4.90 Å². The highest BCUT2D eigenvalue weighted by Crippen LogP contribution is 2.34. The van der Waals surface area contributed by atoms with Crippen molar-refractivity contribution in [2.24, 2.45) is 5.92 Å². The number of ether oxygens (including phenoxy) is 3. The number of benzene rings is 2. The molecule has 8 heteroatoms. The van der Waals surface area contributed by atoms with Crippen molar-refractivity contribution in [2.45, 2.75) is 32.3 Å². The van der Waals surface area contributed by atoms with E-state index in [0.717, 1.165) is 0 Å². The summed E-state index contributed by atoms with van der Waals surface area (Å²) < 4.78 is 16.6. The monoisotopic (exact) mass is 444 g/mol. The third kappa shape index (κ3) is 4.88. The zero-order valence-electron chi connectivity index (χ0n) is 17.5. The minimum atomic E-state index is -1.02. The Balaban J connectivity index is 1.30. The van der Waals surface area contributed by atoms with Crippen LogP contribution in [0.4, 0.5) is 5.69 Å². The summed E-state index contributed by atoms with van der Waals surface area (Å²) in [6, 6.07) is 12.3. The van der Waals surface area contributed by atoms with Crippen molar-refractivity contribution < 1.29 is 23.8 Å². The molecule has 0 aliphatic carbocycles. The molecule has 0 aromatic heterocycles. The van der Waals surface area contributed by atoms with Gasteiger partial charge in [0, 0.05) is 35.8 Å². The van der Waals surface area contributed by atoms with E-state index in [0.29, 0.717) is 53.9 Å². The van der Waals surface area contributed by atoms with Crippen LogP contribution < -0.4 is 19.5 Å². The van der Waals surface area contributed by atoms with Gasteiger partial charge in [0.1, 0.15) is 5.75 Å². The van der Waals surface area contributed by atoms with Crippen LogP contribution in [0.2, 0.25) is 5.02 Å². The van der Waals surface area contributed by atoms with E-state index in [-0.39, 0.29) is 24.5 Å². The number of anilines is 1. The average molecular weight is 445 g/mol. The molecule has 2 aromatic carbocycles. The van der Waals surface area contributed by atoms with E-state index in [4.69, 9.17) is 25.8 Å². The Labute approximate surface area is 186 Å². The van der Waals surface area contributed by atoms with Crippen LogP contribution in [0.5, 0.6) is 17.2 Å². The van der Waals surface area contributed by atoms with Gasteiger partial charge in [-0.2, -0.15) is 0 Å². The molecule has 31 heavy (non-hydrogen) atoms. The Morgan fingerprint density at radius 3 is 2.45 bits per heavy atom. The molecule has 0 atom stereocenters. The minimum Gasteiger partial charge on any atom is -0.478 e. The molecule has 2 aromatic rings. The second-order valence-electron chi connectivity index (χ2n) is 8.19. The van der Waals surface area contributed by atoms with E-state index in [1.165, 1.54) is 0 Å². The molecule has 1 N–H and O–H groups in total. The van der Waals surface area contributed by atoms with Gasteiger partial charge in [0.15, 0.2) is 17.1 Å². The fourth-order valence-electron chi connectivity index (χ4n) is 3.79. The van der Waals surface area contributed by atoms with Crippen molar-refractivity contribution >= 4 is 29.1 Å². The van der Waals surface area contributed by atoms with Crippen molar-refractivity contribution in [1.29, 1.82) is 0 Å². The van der Waals surface area contributed by atoms with Gasteiger partial charge in [-0.05, 0) is 63.1 Å². The SMILES string of the molecule is CC(C)(Oc1ccc(Cl)cc1)C(=O)N1CCC(C(=O)Nc2ccc3c(c2)OCO3)CC1. The van der Waals surface area contributed by atoms with Gasteiger partial charge in [-0.25, -0.2) is 0 Å². The molecule has 0 radical (unpaired) electrons. The van der Waals surface area contributed by atoms with Crippen molar-refractivity contribution in [3.8, 4) is 17.2 Å². The van der Waals surface area contributed by atoms with Gasteiger partial charge in [0.25, 0.3) is 5.91 Å². The molecule has 7 nitrogen and oxygen atoms in total. The molecule has 2 aliphatic heterocycles. The Hall–Kier alpha value is -2.93. The van der Waals surface area contributed by atoms with Crippen molar-refractivity contribution in [3.63, 3.8) is 0 Å². The van der Waals surface area contributed by atoms with Crippen LogP contribution >= 0.6 is 11.6 Å². The molecule has 2 amide bonds. The summed E-state index contributed by atoms with van der Waals surface area (Å²) in [7, 11) is 0. The smallest absolute Gasteiger partial charge is 0.266 e. The van der Waals surface area contributed by atoms with E-state index in [1.807, 2.05) is 0 Å². The molecule has 2 heterocycles. The first kappa shape index (κ1) is 21.3. The fraction of sp³-hybridized carbons (Fsp3) is 0.391. The maximum absolute atomic E-state index is 13.0. The molecular formula is C23H25ClN2O5. The largest absolute Gasteiger partial charge is 0.478 e. The normalized spacial score (nSPS) is 16.2. The first-order valence-electron chi connectivity index (χ1n) is 10.3. The number of nitrogens with one attached hydrogen (secondary N) is 1. The molecule has 0 spiro atoms. The summed E-state index contributed by atoms with van der Waals surface area (Å²) in [6.07, 6.45) is 1.19. The molecule has 4 rings (SSSR count). The first-order valence-corrected chi connectivity index (χ1v) is 10.6. The summed E-state index contributed by atoms with van der Waals surface area (Å²) >= 11 is 5.91. The molecule has 164 valence electrons. The van der Waals surface area contributed by atoms with Crippen LogP contribution in [-0.2, 0) is 9.59 Å². The first-order chi connectivity index (χ1) is 14.8. The van der Waals surface area contributed by atoms with Crippen LogP contribution in [0.3, 0.4) is 0 Å². The number of fused-ring (bicyclic) bond motifs is 1. The van der Waals surface area contributed by atoms with Gasteiger partial charge >= 0.3 is 0 Å². The topological polar surface area (TPSA) is 77.1 Å². The van der Waals surface area contributed by atoms with Crippen LogP contribution in [0.15, 0.2) is 42.5 Å². The summed E-state index contributed by atoms with van der Waals surface area (Å²) in [5.41, 5.74) is -0.347. The predicted octanol–water partition coefficient (Wildman–Crippen LogP) is 4.10. The van der Waals surface area contributed by atoms with Crippen LogP contribution in [0.25, 0.3) is 0 Å². The van der Waals surface area contributed by atoms with E-state index in [9.17, 15) is 9.59 Å². The molecule has 0 saturated carbocycles. The Kier molecular flexibility index (Phi) is 5.96. The number of rotatable bonds is 5. The third-order valence-electron chi connectivity index (χ3n) is 5.49. The third-order valence-corrected chi connectivity index (χ3v) is 5.75. The van der Waals surface area contributed by atoms with Gasteiger partial charge in [-0.15, -0.1) is 0 Å². The summed E-state index contributed by atoms with van der Waals surface area (Å²) in [4.78, 5) is 27.5. The number of carbonyl (C=O) groups excluding carboxylic acids is 2. The Morgan fingerprint density at radius 1 is 1.06 bits per heavy atom. The fourth-order valence-corrected chi connectivity index (χ4v) is 3.91. The number of amides is 2. The van der Waals surface area contributed by atoms with Crippen molar-refractivity contribution in [2.75, 3.05) is 25.2 Å². The number of piperidine rings is 1. The standard InChI is InChI=1S/C23H25ClN2O5/c1-23(2,31-18-6-3-16(24)4-7-18)22(28)26-11-9-15(10-12-26)21(27)25-17-5-8-19-20(13-17)30-14-29-19/h3-8,13,15H,9-12,14H2,1-2H3,(H,25,27). The zero-order valence-corrected chi connectivity index (χ0v) is 18.3. The maximum atomic E-state index is 13.0. The molecule has 1 saturated heterocycles. The van der Waals surface area contributed by atoms with Crippen LogP contribution in [0.1, 0.15) is 26.7 Å². The van der Waals surface area contributed by atoms with E-state index < -0.39 is 5.60 Å². The number of carbonyl (C=O) groups is 2. The van der Waals surface area contributed by atoms with Crippen molar-refractivity contribution in [3.05, 3.63) is 47.5 Å². The lowest BCUT2D eigenvalue weighted by Gasteiger charge is -2.36. The summed E-state index contributed by atoms with van der Waals surface area (Å²) in [6.45, 7) is 4.71. The Morgan fingerprint density at radius 2 is 1.74 bits per heavy atom. The molecular weight excluding hydrogens is 420 g/mol. The molecule has 2 aliphatic rings. The highest BCUT2D eigenvalue weighted by molar-refractivity contribution is 6.30. The van der Waals surface area contributed by atoms with Crippen LogP contribution in [-0.4, -0.2) is 42.2 Å². The highest BCUT2D eigenvalue weighted by atomic mass is 35.5. The predicted molar refractivity (Wildman–Crippen MR) is 117 cm³/mol. The summed E-state index contributed by atoms with van der Waals surface area (Å²) in [5.74, 6) is 1.57. The van der Waals surface area contributed by atoms with Gasteiger partial charge in [0.05, 0.1) is 0 Å². The van der Waals surface area contributed by atoms with Gasteiger partial charge in [0.2, 0.25) is 12.7 Å². The molecule has 0 bridgehead atoms. The average Bonchev–Trinajstić information content (AvgIpc) is 3.22. The number of hydrogen-bond donors (Lipinski definition) is 1. The Bertz CT molecular complexity index is 968. The lowest BCUT2D eigenvalue weighted by molar-refractivity contribution is -0.147.